The number of ketones is 1. The van der Waals surface area contributed by atoms with E-state index in [1.807, 2.05) is 31.2 Å². The van der Waals surface area contributed by atoms with Crippen molar-refractivity contribution in [3.63, 3.8) is 0 Å². The predicted octanol–water partition coefficient (Wildman–Crippen LogP) is 3.14. The van der Waals surface area contributed by atoms with Crippen molar-refractivity contribution in [1.29, 1.82) is 0 Å². The summed E-state index contributed by atoms with van der Waals surface area (Å²) in [7, 11) is 0. The molecule has 0 spiro atoms. The van der Waals surface area contributed by atoms with Crippen molar-refractivity contribution in [3.8, 4) is 5.75 Å². The summed E-state index contributed by atoms with van der Waals surface area (Å²) in [5.41, 5.74) is 3.99. The molecule has 1 aromatic carbocycles. The Bertz CT molecular complexity index is 649. The number of hydrogen-bond donors (Lipinski definition) is 0. The SMILES string of the molecule is Cc1ncccc1C(=O)CCc1ccc2c(c1)CCO2. The minimum absolute atomic E-state index is 0.160. The molecule has 0 atom stereocenters. The first-order valence-electron chi connectivity index (χ1n) is 6.93. The summed E-state index contributed by atoms with van der Waals surface area (Å²) in [6.07, 6.45) is 3.97. The number of carbonyl (C=O) groups is 1. The van der Waals surface area contributed by atoms with Crippen molar-refractivity contribution < 1.29 is 9.53 Å². The highest BCUT2D eigenvalue weighted by atomic mass is 16.5. The molecule has 1 aromatic heterocycles. The van der Waals surface area contributed by atoms with E-state index in [0.717, 1.165) is 36.5 Å². The standard InChI is InChI=1S/C17H17NO2/c1-12-15(3-2-9-18-12)16(19)6-4-13-5-7-17-14(11-13)8-10-20-17/h2-3,5,7,9,11H,4,6,8,10H2,1H3. The Morgan fingerprint density at radius 1 is 1.35 bits per heavy atom. The molecule has 20 heavy (non-hydrogen) atoms. The van der Waals surface area contributed by atoms with Gasteiger partial charge < -0.3 is 4.74 Å². The zero-order valence-electron chi connectivity index (χ0n) is 11.6. The fourth-order valence-electron chi connectivity index (χ4n) is 2.57. The number of carbonyl (C=O) groups excluding carboxylic acids is 1. The molecule has 3 nitrogen and oxygen atoms in total. The van der Waals surface area contributed by atoms with E-state index >= 15 is 0 Å². The lowest BCUT2D eigenvalue weighted by Crippen LogP contribution is -2.04. The average Bonchev–Trinajstić information content (AvgIpc) is 2.92. The van der Waals surface area contributed by atoms with Gasteiger partial charge >= 0.3 is 0 Å². The van der Waals surface area contributed by atoms with E-state index in [0.29, 0.717) is 6.42 Å². The van der Waals surface area contributed by atoms with Crippen LogP contribution in [0.3, 0.4) is 0 Å². The van der Waals surface area contributed by atoms with E-state index in [1.54, 1.807) is 6.20 Å². The van der Waals surface area contributed by atoms with Gasteiger partial charge in [-0.1, -0.05) is 12.1 Å². The van der Waals surface area contributed by atoms with Crippen LogP contribution < -0.4 is 4.74 Å². The lowest BCUT2D eigenvalue weighted by Gasteiger charge is -2.05. The van der Waals surface area contributed by atoms with Crippen molar-refractivity contribution in [2.24, 2.45) is 0 Å². The van der Waals surface area contributed by atoms with Gasteiger partial charge in [-0.2, -0.15) is 0 Å². The van der Waals surface area contributed by atoms with Gasteiger partial charge in [0.15, 0.2) is 5.78 Å². The molecule has 102 valence electrons. The third-order valence-electron chi connectivity index (χ3n) is 3.70. The highest BCUT2D eigenvalue weighted by Crippen LogP contribution is 2.26. The van der Waals surface area contributed by atoms with Crippen LogP contribution in [0, 0.1) is 6.92 Å². The second-order valence-corrected chi connectivity index (χ2v) is 5.10. The number of nitrogens with zero attached hydrogens (tertiary/aromatic N) is 1. The van der Waals surface area contributed by atoms with Crippen LogP contribution in [0.1, 0.15) is 33.6 Å². The molecule has 3 heteroatoms. The third-order valence-corrected chi connectivity index (χ3v) is 3.70. The van der Waals surface area contributed by atoms with E-state index in [2.05, 4.69) is 11.1 Å². The van der Waals surface area contributed by atoms with E-state index in [9.17, 15) is 4.79 Å². The Balaban J connectivity index is 1.68. The van der Waals surface area contributed by atoms with Gasteiger partial charge in [-0.05, 0) is 42.7 Å². The van der Waals surface area contributed by atoms with Gasteiger partial charge in [-0.3, -0.25) is 9.78 Å². The van der Waals surface area contributed by atoms with Crippen molar-refractivity contribution in [3.05, 3.63) is 58.9 Å². The molecule has 3 rings (SSSR count). The topological polar surface area (TPSA) is 39.2 Å². The molecule has 0 saturated heterocycles. The minimum atomic E-state index is 0.160. The summed E-state index contributed by atoms with van der Waals surface area (Å²) in [6.45, 7) is 2.65. The fourth-order valence-corrected chi connectivity index (χ4v) is 2.57. The van der Waals surface area contributed by atoms with Crippen molar-refractivity contribution in [1.82, 2.24) is 4.98 Å². The van der Waals surface area contributed by atoms with Crippen LogP contribution in [0.4, 0.5) is 0 Å². The second kappa shape index (κ2) is 5.45. The molecule has 2 heterocycles. The summed E-state index contributed by atoms with van der Waals surface area (Å²) in [5.74, 6) is 1.15. The number of Topliss-reactive ketones (excluding diaryl/α,β-unsaturated/α-hetero) is 1. The summed E-state index contributed by atoms with van der Waals surface area (Å²) in [6, 6.07) is 9.88. The number of fused-ring (bicyclic) bond motifs is 1. The van der Waals surface area contributed by atoms with Crippen LogP contribution in [-0.2, 0) is 12.8 Å². The maximum absolute atomic E-state index is 12.2. The number of aryl methyl sites for hydroxylation is 2. The first-order valence-corrected chi connectivity index (χ1v) is 6.93. The highest BCUT2D eigenvalue weighted by Gasteiger charge is 2.13. The molecular weight excluding hydrogens is 250 g/mol. The zero-order valence-corrected chi connectivity index (χ0v) is 11.6. The molecule has 0 bridgehead atoms. The number of aromatic nitrogens is 1. The molecule has 1 aliphatic heterocycles. The first kappa shape index (κ1) is 12.9. The van der Waals surface area contributed by atoms with Gasteiger partial charge in [0.2, 0.25) is 0 Å². The van der Waals surface area contributed by atoms with Gasteiger partial charge in [0.05, 0.1) is 6.61 Å². The van der Waals surface area contributed by atoms with Crippen molar-refractivity contribution >= 4 is 5.78 Å². The molecule has 0 radical (unpaired) electrons. The number of pyridine rings is 1. The number of ether oxygens (including phenoxy) is 1. The van der Waals surface area contributed by atoms with Crippen LogP contribution >= 0.6 is 0 Å². The highest BCUT2D eigenvalue weighted by molar-refractivity contribution is 5.97. The smallest absolute Gasteiger partial charge is 0.165 e. The molecule has 0 saturated carbocycles. The second-order valence-electron chi connectivity index (χ2n) is 5.10. The Morgan fingerprint density at radius 2 is 2.25 bits per heavy atom. The van der Waals surface area contributed by atoms with Gasteiger partial charge in [-0.25, -0.2) is 0 Å². The predicted molar refractivity (Wildman–Crippen MR) is 77.3 cm³/mol. The van der Waals surface area contributed by atoms with E-state index < -0.39 is 0 Å². The maximum Gasteiger partial charge on any atom is 0.165 e. The van der Waals surface area contributed by atoms with Crippen LogP contribution in [0.15, 0.2) is 36.5 Å². The monoisotopic (exact) mass is 267 g/mol. The lowest BCUT2D eigenvalue weighted by molar-refractivity contribution is 0.0982. The summed E-state index contributed by atoms with van der Waals surface area (Å²) in [5, 5.41) is 0. The lowest BCUT2D eigenvalue weighted by atomic mass is 10.00. The molecular formula is C17H17NO2. The summed E-state index contributed by atoms with van der Waals surface area (Å²) < 4.78 is 5.49. The van der Waals surface area contributed by atoms with Gasteiger partial charge in [0, 0.05) is 30.3 Å². The van der Waals surface area contributed by atoms with Gasteiger partial charge in [0.1, 0.15) is 5.75 Å². The molecule has 0 aliphatic carbocycles. The van der Waals surface area contributed by atoms with Gasteiger partial charge in [0.25, 0.3) is 0 Å². The van der Waals surface area contributed by atoms with Crippen molar-refractivity contribution in [2.75, 3.05) is 6.61 Å². The maximum atomic E-state index is 12.2. The largest absolute Gasteiger partial charge is 0.493 e. The third kappa shape index (κ3) is 2.57. The first-order chi connectivity index (χ1) is 9.74. The Kier molecular flexibility index (Phi) is 3.50. The zero-order chi connectivity index (χ0) is 13.9. The molecule has 0 fully saturated rings. The minimum Gasteiger partial charge on any atom is -0.493 e. The Morgan fingerprint density at radius 3 is 3.10 bits per heavy atom. The Labute approximate surface area is 118 Å². The normalized spacial score (nSPS) is 12.8. The van der Waals surface area contributed by atoms with Crippen LogP contribution in [0.25, 0.3) is 0 Å². The summed E-state index contributed by atoms with van der Waals surface area (Å²) in [4.78, 5) is 16.4. The molecule has 0 amide bonds. The molecule has 2 aromatic rings. The van der Waals surface area contributed by atoms with E-state index in [4.69, 9.17) is 4.74 Å². The van der Waals surface area contributed by atoms with Crippen LogP contribution in [-0.4, -0.2) is 17.4 Å². The summed E-state index contributed by atoms with van der Waals surface area (Å²) >= 11 is 0. The quantitative estimate of drug-likeness (QED) is 0.799. The van der Waals surface area contributed by atoms with Gasteiger partial charge in [-0.15, -0.1) is 0 Å². The Hall–Kier alpha value is -2.16. The van der Waals surface area contributed by atoms with E-state index in [1.165, 1.54) is 11.1 Å². The number of hydrogen-bond acceptors (Lipinski definition) is 3. The number of benzene rings is 1. The fraction of sp³-hybridized carbons (Fsp3) is 0.294. The molecule has 0 N–H and O–H groups in total. The number of rotatable bonds is 4. The molecule has 1 aliphatic rings. The average molecular weight is 267 g/mol. The van der Waals surface area contributed by atoms with Crippen LogP contribution in [0.2, 0.25) is 0 Å². The van der Waals surface area contributed by atoms with E-state index in [-0.39, 0.29) is 5.78 Å². The van der Waals surface area contributed by atoms with Crippen LogP contribution in [0.5, 0.6) is 5.75 Å². The van der Waals surface area contributed by atoms with Crippen molar-refractivity contribution in [2.45, 2.75) is 26.2 Å². The molecule has 0 unspecified atom stereocenters.